The summed E-state index contributed by atoms with van der Waals surface area (Å²) in [7, 11) is 1.89. The third kappa shape index (κ3) is 3.91. The van der Waals surface area contributed by atoms with Gasteiger partial charge in [0, 0.05) is 11.1 Å². The minimum atomic E-state index is -0.559. The van der Waals surface area contributed by atoms with Crippen LogP contribution in [-0.2, 0) is 0 Å². The Kier molecular flexibility index (Phi) is 5.45. The van der Waals surface area contributed by atoms with E-state index in [0.29, 0.717) is 17.9 Å². The molecule has 0 bridgehead atoms. The van der Waals surface area contributed by atoms with Crippen molar-refractivity contribution < 1.29 is 13.5 Å². The molecular formula is C16H16Cl2F2N2O. The predicted molar refractivity (Wildman–Crippen MR) is 88.4 cm³/mol. The topological polar surface area (TPSA) is 34.1 Å². The van der Waals surface area contributed by atoms with Gasteiger partial charge in [0.1, 0.15) is 29.1 Å². The molecule has 124 valence electrons. The van der Waals surface area contributed by atoms with Crippen molar-refractivity contribution in [3.8, 4) is 16.9 Å². The first-order valence-electron chi connectivity index (χ1n) is 6.96. The number of halogens is 4. The third-order valence-electron chi connectivity index (χ3n) is 3.93. The summed E-state index contributed by atoms with van der Waals surface area (Å²) in [6.45, 7) is 0.498. The summed E-state index contributed by atoms with van der Waals surface area (Å²) in [6, 6.07) is 4.80. The van der Waals surface area contributed by atoms with Crippen molar-refractivity contribution in [3.05, 3.63) is 47.2 Å². The molecule has 0 saturated heterocycles. The Hall–Kier alpha value is -1.43. The first kappa shape index (κ1) is 17.9. The number of aromatic nitrogens is 1. The summed E-state index contributed by atoms with van der Waals surface area (Å²) in [5.41, 5.74) is 0.396. The van der Waals surface area contributed by atoms with Crippen LogP contribution in [0.2, 0.25) is 5.15 Å². The van der Waals surface area contributed by atoms with Crippen molar-refractivity contribution in [2.24, 2.45) is 0 Å². The lowest BCUT2D eigenvalue weighted by molar-refractivity contribution is 0.259. The first-order chi connectivity index (χ1) is 10.5. The molecule has 1 heterocycles. The number of nitrogens with zero attached hydrogens (tertiary/aromatic N) is 1. The summed E-state index contributed by atoms with van der Waals surface area (Å²) in [5.74, 6) is -0.619. The fraction of sp³-hybridized carbons (Fsp3) is 0.312. The molecule has 1 aromatic carbocycles. The fourth-order valence-electron chi connectivity index (χ4n) is 2.24. The number of likely N-dealkylation sites (N-methyl/N-ethyl adjacent to an activating group) is 1. The van der Waals surface area contributed by atoms with Gasteiger partial charge in [0.25, 0.3) is 0 Å². The van der Waals surface area contributed by atoms with Crippen molar-refractivity contribution in [3.63, 3.8) is 0 Å². The summed E-state index contributed by atoms with van der Waals surface area (Å²) in [5, 5.41) is 3.32. The molecule has 2 aromatic rings. The third-order valence-corrected chi connectivity index (χ3v) is 4.23. The van der Waals surface area contributed by atoms with Gasteiger partial charge in [-0.2, -0.15) is 0 Å². The lowest BCUT2D eigenvalue weighted by Crippen LogP contribution is -2.33. The highest BCUT2D eigenvalue weighted by atomic mass is 35.5. The average Bonchev–Trinajstić information content (AvgIpc) is 3.30. The molecular weight excluding hydrogens is 345 g/mol. The zero-order chi connectivity index (χ0) is 15.7. The van der Waals surface area contributed by atoms with E-state index in [1.807, 2.05) is 7.05 Å². The molecule has 1 N–H and O–H groups in total. The van der Waals surface area contributed by atoms with Crippen LogP contribution < -0.4 is 10.1 Å². The van der Waals surface area contributed by atoms with E-state index in [1.165, 1.54) is 6.20 Å². The number of benzene rings is 1. The molecule has 3 rings (SSSR count). The van der Waals surface area contributed by atoms with Gasteiger partial charge in [0.2, 0.25) is 0 Å². The molecule has 0 atom stereocenters. The van der Waals surface area contributed by atoms with E-state index in [-0.39, 0.29) is 28.7 Å². The maximum atomic E-state index is 13.9. The quantitative estimate of drug-likeness (QED) is 0.810. The summed E-state index contributed by atoms with van der Waals surface area (Å²) in [4.78, 5) is 4.00. The maximum absolute atomic E-state index is 13.9. The van der Waals surface area contributed by atoms with Gasteiger partial charge in [-0.25, -0.2) is 13.8 Å². The molecule has 0 amide bonds. The van der Waals surface area contributed by atoms with E-state index in [0.717, 1.165) is 31.0 Å². The fourth-order valence-corrected chi connectivity index (χ4v) is 2.44. The predicted octanol–water partition coefficient (Wildman–Crippen LogP) is 4.23. The van der Waals surface area contributed by atoms with Gasteiger partial charge in [-0.15, -0.1) is 12.4 Å². The second-order valence-corrected chi connectivity index (χ2v) is 5.81. The van der Waals surface area contributed by atoms with Crippen LogP contribution in [0.5, 0.6) is 5.75 Å². The van der Waals surface area contributed by atoms with E-state index in [9.17, 15) is 8.78 Å². The Morgan fingerprint density at radius 1 is 1.26 bits per heavy atom. The van der Waals surface area contributed by atoms with Crippen LogP contribution in [0.3, 0.4) is 0 Å². The number of hydrogen-bond donors (Lipinski definition) is 1. The van der Waals surface area contributed by atoms with Crippen LogP contribution in [0, 0.1) is 11.6 Å². The molecule has 0 radical (unpaired) electrons. The number of ether oxygens (including phenoxy) is 1. The van der Waals surface area contributed by atoms with Crippen LogP contribution in [0.1, 0.15) is 12.8 Å². The van der Waals surface area contributed by atoms with Gasteiger partial charge < -0.3 is 10.1 Å². The van der Waals surface area contributed by atoms with E-state index in [2.05, 4.69) is 10.3 Å². The van der Waals surface area contributed by atoms with Gasteiger partial charge in [0.05, 0.1) is 11.7 Å². The maximum Gasteiger partial charge on any atom is 0.138 e. The highest BCUT2D eigenvalue weighted by molar-refractivity contribution is 6.32. The van der Waals surface area contributed by atoms with Crippen molar-refractivity contribution in [2.75, 3.05) is 13.7 Å². The standard InChI is InChI=1S/C16H15ClF2N2O.ClH/c1-20-16(4-5-16)9-22-11-7-13(15(17)21-8-11)12-6-10(18)2-3-14(12)19;/h2-3,6-8,20H,4-5,9H2,1H3;1H. The minimum Gasteiger partial charge on any atom is -0.490 e. The molecule has 3 nitrogen and oxygen atoms in total. The lowest BCUT2D eigenvalue weighted by atomic mass is 10.1. The molecule has 1 fully saturated rings. The zero-order valence-corrected chi connectivity index (χ0v) is 14.0. The van der Waals surface area contributed by atoms with E-state index < -0.39 is 11.6 Å². The average molecular weight is 361 g/mol. The van der Waals surface area contributed by atoms with Gasteiger partial charge >= 0.3 is 0 Å². The molecule has 0 spiro atoms. The second-order valence-electron chi connectivity index (χ2n) is 5.45. The van der Waals surface area contributed by atoms with Crippen LogP contribution >= 0.6 is 24.0 Å². The van der Waals surface area contributed by atoms with Crippen molar-refractivity contribution in [1.29, 1.82) is 0 Å². The van der Waals surface area contributed by atoms with Crippen molar-refractivity contribution in [1.82, 2.24) is 10.3 Å². The SMILES string of the molecule is CNC1(COc2cnc(Cl)c(-c3cc(F)ccc3F)c2)CC1.Cl. The number of rotatable bonds is 5. The van der Waals surface area contributed by atoms with Gasteiger partial charge in [-0.05, 0) is 44.2 Å². The minimum absolute atomic E-state index is 0. The van der Waals surface area contributed by atoms with Crippen LogP contribution in [0.25, 0.3) is 11.1 Å². The highest BCUT2D eigenvalue weighted by Gasteiger charge is 2.41. The summed E-state index contributed by atoms with van der Waals surface area (Å²) < 4.78 is 33.0. The Morgan fingerprint density at radius 3 is 2.65 bits per heavy atom. The Balaban J connectivity index is 0.00000192. The monoisotopic (exact) mass is 360 g/mol. The van der Waals surface area contributed by atoms with Gasteiger partial charge in [-0.3, -0.25) is 0 Å². The van der Waals surface area contributed by atoms with Crippen LogP contribution in [0.15, 0.2) is 30.5 Å². The van der Waals surface area contributed by atoms with E-state index in [1.54, 1.807) is 6.07 Å². The molecule has 1 aliphatic carbocycles. The van der Waals surface area contributed by atoms with E-state index >= 15 is 0 Å². The smallest absolute Gasteiger partial charge is 0.138 e. The van der Waals surface area contributed by atoms with Crippen LogP contribution in [0.4, 0.5) is 8.78 Å². The Labute approximate surface area is 144 Å². The van der Waals surface area contributed by atoms with Crippen molar-refractivity contribution >= 4 is 24.0 Å². The largest absolute Gasteiger partial charge is 0.490 e. The summed E-state index contributed by atoms with van der Waals surface area (Å²) in [6.07, 6.45) is 3.58. The highest BCUT2D eigenvalue weighted by Crippen LogP contribution is 2.36. The summed E-state index contributed by atoms with van der Waals surface area (Å²) >= 11 is 6.02. The Bertz CT molecular complexity index is 708. The number of hydrogen-bond acceptors (Lipinski definition) is 3. The van der Waals surface area contributed by atoms with Crippen molar-refractivity contribution in [2.45, 2.75) is 18.4 Å². The molecule has 1 saturated carbocycles. The Morgan fingerprint density at radius 2 is 2.00 bits per heavy atom. The molecule has 0 aliphatic heterocycles. The first-order valence-corrected chi connectivity index (χ1v) is 7.33. The van der Waals surface area contributed by atoms with E-state index in [4.69, 9.17) is 16.3 Å². The molecule has 7 heteroatoms. The number of nitrogens with one attached hydrogen (secondary N) is 1. The van der Waals surface area contributed by atoms with Gasteiger partial charge in [-0.1, -0.05) is 11.6 Å². The molecule has 1 aliphatic rings. The normalized spacial score (nSPS) is 15.0. The van der Waals surface area contributed by atoms with Gasteiger partial charge in [0.15, 0.2) is 0 Å². The number of pyridine rings is 1. The second kappa shape index (κ2) is 6.99. The lowest BCUT2D eigenvalue weighted by Gasteiger charge is -2.16. The molecule has 0 unspecified atom stereocenters. The molecule has 23 heavy (non-hydrogen) atoms. The molecule has 1 aromatic heterocycles. The zero-order valence-electron chi connectivity index (χ0n) is 12.4. The van der Waals surface area contributed by atoms with Crippen LogP contribution in [-0.4, -0.2) is 24.2 Å².